The Morgan fingerprint density at radius 3 is 2.71 bits per heavy atom. The largest absolute Gasteiger partial charge is 0.361 e. The maximum Gasteiger partial charge on any atom is 0.182 e. The Morgan fingerprint density at radius 2 is 2.12 bits per heavy atom. The molecule has 2 aromatic heterocycles. The second-order valence-corrected chi connectivity index (χ2v) is 5.08. The molecule has 0 unspecified atom stereocenters. The van der Waals surface area contributed by atoms with Gasteiger partial charge in [-0.25, -0.2) is 4.98 Å². The fraction of sp³-hybridized carbons (Fsp3) is 0.500. The van der Waals surface area contributed by atoms with Gasteiger partial charge >= 0.3 is 0 Å². The number of hydrogen-bond donors (Lipinski definition) is 1. The minimum atomic E-state index is 0.936. The van der Waals surface area contributed by atoms with Crippen LogP contribution in [0.4, 0.5) is 5.13 Å². The van der Waals surface area contributed by atoms with E-state index < -0.39 is 0 Å². The predicted molar refractivity (Wildman–Crippen MR) is 71.7 cm³/mol. The highest BCUT2D eigenvalue weighted by Crippen LogP contribution is 2.14. The molecule has 0 fully saturated rings. The van der Waals surface area contributed by atoms with Crippen LogP contribution in [0.25, 0.3) is 0 Å². The van der Waals surface area contributed by atoms with E-state index in [1.54, 1.807) is 11.3 Å². The lowest BCUT2D eigenvalue weighted by atomic mass is 10.4. The minimum absolute atomic E-state index is 0.936. The number of aromatic nitrogens is 3. The van der Waals surface area contributed by atoms with E-state index in [4.69, 9.17) is 0 Å². The van der Waals surface area contributed by atoms with Gasteiger partial charge in [-0.1, -0.05) is 0 Å². The summed E-state index contributed by atoms with van der Waals surface area (Å²) in [6.45, 7) is 8.03. The Bertz CT molecular complexity index is 486. The first-order valence-electron chi connectivity index (χ1n) is 5.82. The van der Waals surface area contributed by atoms with Crippen molar-refractivity contribution in [1.82, 2.24) is 14.8 Å². The molecule has 0 radical (unpaired) electrons. The summed E-state index contributed by atoms with van der Waals surface area (Å²) < 4.78 is 2.06. The number of hydrogen-bond acceptors (Lipinski definition) is 4. The fourth-order valence-corrected chi connectivity index (χ4v) is 2.48. The average Bonchev–Trinajstić information content (AvgIpc) is 2.81. The number of thiazole rings is 1. The van der Waals surface area contributed by atoms with Crippen LogP contribution in [0.15, 0.2) is 11.4 Å². The number of aryl methyl sites for hydroxylation is 4. The van der Waals surface area contributed by atoms with E-state index in [0.717, 1.165) is 36.0 Å². The van der Waals surface area contributed by atoms with Crippen molar-refractivity contribution in [3.63, 3.8) is 0 Å². The van der Waals surface area contributed by atoms with Crippen molar-refractivity contribution in [2.24, 2.45) is 0 Å². The van der Waals surface area contributed by atoms with Crippen molar-refractivity contribution in [2.75, 3.05) is 11.9 Å². The van der Waals surface area contributed by atoms with E-state index in [9.17, 15) is 0 Å². The maximum absolute atomic E-state index is 4.43. The molecule has 0 saturated carbocycles. The first-order chi connectivity index (χ1) is 8.15. The highest BCUT2D eigenvalue weighted by Gasteiger charge is 2.01. The van der Waals surface area contributed by atoms with E-state index >= 15 is 0 Å². The Hall–Kier alpha value is -1.36. The quantitative estimate of drug-likeness (QED) is 0.830. The van der Waals surface area contributed by atoms with Crippen LogP contribution < -0.4 is 5.32 Å². The molecule has 0 bridgehead atoms. The Kier molecular flexibility index (Phi) is 3.78. The summed E-state index contributed by atoms with van der Waals surface area (Å²) in [5.74, 6) is 0. The summed E-state index contributed by atoms with van der Waals surface area (Å²) in [6.07, 6.45) is 1.06. The molecule has 2 aromatic rings. The lowest BCUT2D eigenvalue weighted by molar-refractivity contribution is 0.573. The Morgan fingerprint density at radius 1 is 1.29 bits per heavy atom. The van der Waals surface area contributed by atoms with Crippen molar-refractivity contribution in [3.05, 3.63) is 28.5 Å². The molecule has 5 heteroatoms. The zero-order chi connectivity index (χ0) is 12.3. The number of nitrogens with one attached hydrogen (secondary N) is 1. The summed E-state index contributed by atoms with van der Waals surface area (Å²) in [5, 5.41) is 10.8. The predicted octanol–water partition coefficient (Wildman–Crippen LogP) is 2.77. The molecule has 2 heterocycles. The van der Waals surface area contributed by atoms with Crippen LogP contribution in [0.3, 0.4) is 0 Å². The molecule has 0 aliphatic rings. The monoisotopic (exact) mass is 250 g/mol. The van der Waals surface area contributed by atoms with Crippen LogP contribution in [0.2, 0.25) is 0 Å². The minimum Gasteiger partial charge on any atom is -0.361 e. The van der Waals surface area contributed by atoms with E-state index in [1.807, 2.05) is 13.8 Å². The van der Waals surface area contributed by atoms with E-state index in [0.29, 0.717) is 0 Å². The van der Waals surface area contributed by atoms with Crippen LogP contribution in [-0.2, 0) is 6.54 Å². The molecule has 0 aliphatic heterocycles. The van der Waals surface area contributed by atoms with Gasteiger partial charge in [0.1, 0.15) is 0 Å². The summed E-state index contributed by atoms with van der Waals surface area (Å²) in [7, 11) is 0. The van der Waals surface area contributed by atoms with Crippen molar-refractivity contribution < 1.29 is 0 Å². The topological polar surface area (TPSA) is 42.7 Å². The Labute approximate surface area is 106 Å². The van der Waals surface area contributed by atoms with Crippen molar-refractivity contribution in [3.8, 4) is 0 Å². The third-order valence-corrected chi connectivity index (χ3v) is 3.46. The van der Waals surface area contributed by atoms with Gasteiger partial charge in [-0.05, 0) is 33.3 Å². The molecule has 1 N–H and O–H groups in total. The molecular formula is C12H18N4S. The zero-order valence-electron chi connectivity index (χ0n) is 10.5. The molecule has 0 spiro atoms. The third-order valence-electron chi connectivity index (χ3n) is 2.55. The van der Waals surface area contributed by atoms with Gasteiger partial charge in [0.05, 0.1) is 11.4 Å². The third kappa shape index (κ3) is 3.30. The molecule has 0 atom stereocenters. The summed E-state index contributed by atoms with van der Waals surface area (Å²) in [6, 6.07) is 2.11. The normalized spacial score (nSPS) is 10.8. The molecule has 92 valence electrons. The zero-order valence-corrected chi connectivity index (χ0v) is 11.3. The van der Waals surface area contributed by atoms with Gasteiger partial charge in [-0.2, -0.15) is 5.10 Å². The van der Waals surface area contributed by atoms with Crippen molar-refractivity contribution in [2.45, 2.75) is 33.7 Å². The summed E-state index contributed by atoms with van der Waals surface area (Å²) in [4.78, 5) is 4.36. The van der Waals surface area contributed by atoms with Gasteiger partial charge in [-0.3, -0.25) is 4.68 Å². The highest BCUT2D eigenvalue weighted by molar-refractivity contribution is 7.13. The second kappa shape index (κ2) is 5.31. The van der Waals surface area contributed by atoms with Gasteiger partial charge in [0, 0.05) is 24.2 Å². The Balaban J connectivity index is 1.75. The van der Waals surface area contributed by atoms with Gasteiger partial charge in [0.2, 0.25) is 0 Å². The summed E-state index contributed by atoms with van der Waals surface area (Å²) in [5.41, 5.74) is 3.40. The van der Waals surface area contributed by atoms with Crippen LogP contribution in [0, 0.1) is 20.8 Å². The van der Waals surface area contributed by atoms with E-state index in [1.165, 1.54) is 5.69 Å². The molecule has 17 heavy (non-hydrogen) atoms. The number of anilines is 1. The lowest BCUT2D eigenvalue weighted by Crippen LogP contribution is -2.08. The highest BCUT2D eigenvalue weighted by atomic mass is 32.1. The van der Waals surface area contributed by atoms with Crippen LogP contribution >= 0.6 is 11.3 Å². The molecule has 0 aliphatic carbocycles. The van der Waals surface area contributed by atoms with Gasteiger partial charge in [-0.15, -0.1) is 11.3 Å². The fourth-order valence-electron chi connectivity index (χ4n) is 1.76. The van der Waals surface area contributed by atoms with Crippen LogP contribution in [0.1, 0.15) is 23.5 Å². The number of nitrogens with zero attached hydrogens (tertiary/aromatic N) is 3. The van der Waals surface area contributed by atoms with E-state index in [2.05, 4.69) is 38.5 Å². The number of rotatable bonds is 5. The van der Waals surface area contributed by atoms with Gasteiger partial charge < -0.3 is 5.32 Å². The molecule has 2 rings (SSSR count). The second-order valence-electron chi connectivity index (χ2n) is 4.22. The van der Waals surface area contributed by atoms with Gasteiger partial charge in [0.25, 0.3) is 0 Å². The first kappa shape index (κ1) is 12.1. The van der Waals surface area contributed by atoms with Crippen molar-refractivity contribution in [1.29, 1.82) is 0 Å². The van der Waals surface area contributed by atoms with Crippen molar-refractivity contribution >= 4 is 16.5 Å². The SMILES string of the molecule is Cc1csc(NCCCn2nc(C)cc2C)n1. The lowest BCUT2D eigenvalue weighted by Gasteiger charge is -2.05. The molecular weight excluding hydrogens is 232 g/mol. The average molecular weight is 250 g/mol. The molecule has 4 nitrogen and oxygen atoms in total. The maximum atomic E-state index is 4.43. The van der Waals surface area contributed by atoms with E-state index in [-0.39, 0.29) is 0 Å². The molecule has 0 amide bonds. The van der Waals surface area contributed by atoms with Crippen LogP contribution in [0.5, 0.6) is 0 Å². The smallest absolute Gasteiger partial charge is 0.182 e. The molecule has 0 aromatic carbocycles. The van der Waals surface area contributed by atoms with Gasteiger partial charge in [0.15, 0.2) is 5.13 Å². The first-order valence-corrected chi connectivity index (χ1v) is 6.70. The standard InChI is InChI=1S/C12H18N4S/c1-9-7-11(3)16(15-9)6-4-5-13-12-14-10(2)8-17-12/h7-8H,4-6H2,1-3H3,(H,13,14). The molecule has 0 saturated heterocycles. The summed E-state index contributed by atoms with van der Waals surface area (Å²) >= 11 is 1.66. The van der Waals surface area contributed by atoms with Crippen LogP contribution in [-0.4, -0.2) is 21.3 Å².